The Morgan fingerprint density at radius 3 is 2.67 bits per heavy atom. The lowest BCUT2D eigenvalue weighted by molar-refractivity contribution is -0.385. The molecule has 5 nitrogen and oxygen atoms in total. The fourth-order valence-corrected chi connectivity index (χ4v) is 1.92. The molecule has 1 heterocycles. The third kappa shape index (κ3) is 3.75. The maximum Gasteiger partial charge on any atom is 0.287 e. The summed E-state index contributed by atoms with van der Waals surface area (Å²) < 4.78 is 13.3. The standard InChI is InChI=1S/C15H16FN3O2/c1-15(2,11-4-3-5-12(16)8-11)10-18-14-7-6-13(9-17-14)19(20)21/h3-9H,10H2,1-2H3,(H,17,18). The van der Waals surface area contributed by atoms with E-state index in [1.807, 2.05) is 19.9 Å². The van der Waals surface area contributed by atoms with Gasteiger partial charge < -0.3 is 5.32 Å². The fourth-order valence-electron chi connectivity index (χ4n) is 1.92. The Morgan fingerprint density at radius 1 is 1.33 bits per heavy atom. The van der Waals surface area contributed by atoms with E-state index in [0.29, 0.717) is 12.4 Å². The van der Waals surface area contributed by atoms with Crippen molar-refractivity contribution >= 4 is 11.5 Å². The molecule has 0 unspecified atom stereocenters. The van der Waals surface area contributed by atoms with Crippen LogP contribution in [0, 0.1) is 15.9 Å². The summed E-state index contributed by atoms with van der Waals surface area (Å²) in [4.78, 5) is 14.1. The molecule has 0 aliphatic carbocycles. The van der Waals surface area contributed by atoms with Crippen LogP contribution in [0.25, 0.3) is 0 Å². The molecule has 1 aromatic carbocycles. The minimum absolute atomic E-state index is 0.0510. The van der Waals surface area contributed by atoms with Gasteiger partial charge in [0.25, 0.3) is 5.69 Å². The number of benzene rings is 1. The SMILES string of the molecule is CC(C)(CNc1ccc([N+](=O)[O-])cn1)c1cccc(F)c1. The van der Waals surface area contributed by atoms with Crippen molar-refractivity contribution in [1.29, 1.82) is 0 Å². The van der Waals surface area contributed by atoms with Gasteiger partial charge in [-0.15, -0.1) is 0 Å². The highest BCUT2D eigenvalue weighted by Crippen LogP contribution is 2.24. The number of nitro groups is 1. The van der Waals surface area contributed by atoms with Crippen molar-refractivity contribution in [2.75, 3.05) is 11.9 Å². The summed E-state index contributed by atoms with van der Waals surface area (Å²) >= 11 is 0. The fraction of sp³-hybridized carbons (Fsp3) is 0.267. The predicted octanol–water partition coefficient (Wildman–Crippen LogP) is 3.52. The van der Waals surface area contributed by atoms with Gasteiger partial charge in [-0.2, -0.15) is 0 Å². The molecule has 0 fully saturated rings. The molecule has 1 N–H and O–H groups in total. The second-order valence-corrected chi connectivity index (χ2v) is 5.41. The van der Waals surface area contributed by atoms with E-state index in [4.69, 9.17) is 0 Å². The Balaban J connectivity index is 2.06. The van der Waals surface area contributed by atoms with E-state index >= 15 is 0 Å². The first kappa shape index (κ1) is 14.9. The molecule has 0 aliphatic rings. The summed E-state index contributed by atoms with van der Waals surface area (Å²) in [6.07, 6.45) is 1.21. The molecule has 110 valence electrons. The first-order valence-electron chi connectivity index (χ1n) is 6.49. The van der Waals surface area contributed by atoms with Crippen LogP contribution in [0.4, 0.5) is 15.9 Å². The van der Waals surface area contributed by atoms with Crippen LogP contribution in [-0.4, -0.2) is 16.5 Å². The molecular weight excluding hydrogens is 273 g/mol. The Kier molecular flexibility index (Phi) is 4.16. The van der Waals surface area contributed by atoms with Gasteiger partial charge >= 0.3 is 0 Å². The summed E-state index contributed by atoms with van der Waals surface area (Å²) in [6.45, 7) is 4.50. The Labute approximate surface area is 122 Å². The third-order valence-corrected chi connectivity index (χ3v) is 3.28. The summed E-state index contributed by atoms with van der Waals surface area (Å²) in [6, 6.07) is 9.41. The van der Waals surface area contributed by atoms with Crippen LogP contribution in [0.5, 0.6) is 0 Å². The number of pyridine rings is 1. The Bertz CT molecular complexity index is 642. The average molecular weight is 289 g/mol. The van der Waals surface area contributed by atoms with Gasteiger partial charge in [-0.25, -0.2) is 9.37 Å². The van der Waals surface area contributed by atoms with Crippen molar-refractivity contribution in [2.24, 2.45) is 0 Å². The predicted molar refractivity (Wildman–Crippen MR) is 78.8 cm³/mol. The number of halogens is 1. The van der Waals surface area contributed by atoms with Crippen molar-refractivity contribution in [3.63, 3.8) is 0 Å². The smallest absolute Gasteiger partial charge is 0.287 e. The van der Waals surface area contributed by atoms with Gasteiger partial charge in [-0.1, -0.05) is 26.0 Å². The molecule has 0 radical (unpaired) electrons. The molecular formula is C15H16FN3O2. The van der Waals surface area contributed by atoms with E-state index in [1.165, 1.54) is 24.4 Å². The first-order valence-corrected chi connectivity index (χ1v) is 6.49. The highest BCUT2D eigenvalue weighted by atomic mass is 19.1. The number of aromatic nitrogens is 1. The lowest BCUT2D eigenvalue weighted by Gasteiger charge is -2.26. The van der Waals surface area contributed by atoms with E-state index in [1.54, 1.807) is 12.1 Å². The van der Waals surface area contributed by atoms with E-state index in [2.05, 4.69) is 10.3 Å². The van der Waals surface area contributed by atoms with E-state index in [9.17, 15) is 14.5 Å². The van der Waals surface area contributed by atoms with Gasteiger partial charge in [0.2, 0.25) is 0 Å². The minimum atomic E-state index is -0.493. The molecule has 0 saturated carbocycles. The molecule has 0 bridgehead atoms. The van der Waals surface area contributed by atoms with Gasteiger partial charge in [0.15, 0.2) is 0 Å². The minimum Gasteiger partial charge on any atom is -0.369 e. The molecule has 6 heteroatoms. The van der Waals surface area contributed by atoms with Crippen molar-refractivity contribution in [3.8, 4) is 0 Å². The molecule has 21 heavy (non-hydrogen) atoms. The third-order valence-electron chi connectivity index (χ3n) is 3.28. The maximum atomic E-state index is 13.3. The lowest BCUT2D eigenvalue weighted by Crippen LogP contribution is -2.28. The second kappa shape index (κ2) is 5.87. The van der Waals surface area contributed by atoms with Gasteiger partial charge in [-0.05, 0) is 23.8 Å². The van der Waals surface area contributed by atoms with Gasteiger partial charge in [0, 0.05) is 18.0 Å². The van der Waals surface area contributed by atoms with Crippen LogP contribution in [-0.2, 0) is 5.41 Å². The zero-order chi connectivity index (χ0) is 15.5. The Morgan fingerprint density at radius 2 is 2.10 bits per heavy atom. The number of anilines is 1. The Hall–Kier alpha value is -2.50. The molecule has 0 atom stereocenters. The summed E-state index contributed by atoms with van der Waals surface area (Å²) in [7, 11) is 0. The van der Waals surface area contributed by atoms with Crippen molar-refractivity contribution in [2.45, 2.75) is 19.3 Å². The van der Waals surface area contributed by atoms with Crippen molar-refractivity contribution < 1.29 is 9.31 Å². The number of nitrogens with one attached hydrogen (secondary N) is 1. The van der Waals surface area contributed by atoms with Crippen LogP contribution >= 0.6 is 0 Å². The normalized spacial score (nSPS) is 11.2. The van der Waals surface area contributed by atoms with Crippen LogP contribution in [0.2, 0.25) is 0 Å². The highest BCUT2D eigenvalue weighted by Gasteiger charge is 2.21. The quantitative estimate of drug-likeness (QED) is 0.675. The first-order chi connectivity index (χ1) is 9.88. The maximum absolute atomic E-state index is 13.3. The molecule has 2 aromatic rings. The number of hydrogen-bond donors (Lipinski definition) is 1. The van der Waals surface area contributed by atoms with Crippen LogP contribution in [0.15, 0.2) is 42.6 Å². The van der Waals surface area contributed by atoms with Gasteiger partial charge in [0.1, 0.15) is 17.8 Å². The number of nitrogens with zero attached hydrogens (tertiary/aromatic N) is 2. The second-order valence-electron chi connectivity index (χ2n) is 5.41. The van der Waals surface area contributed by atoms with Crippen LogP contribution in [0.1, 0.15) is 19.4 Å². The van der Waals surface area contributed by atoms with E-state index in [-0.39, 0.29) is 16.9 Å². The number of rotatable bonds is 5. The van der Waals surface area contributed by atoms with Crippen LogP contribution in [0.3, 0.4) is 0 Å². The highest BCUT2D eigenvalue weighted by molar-refractivity contribution is 5.41. The van der Waals surface area contributed by atoms with E-state index in [0.717, 1.165) is 5.56 Å². The molecule has 0 spiro atoms. The largest absolute Gasteiger partial charge is 0.369 e. The topological polar surface area (TPSA) is 68.1 Å². The monoisotopic (exact) mass is 289 g/mol. The molecule has 0 amide bonds. The zero-order valence-electron chi connectivity index (χ0n) is 11.8. The summed E-state index contributed by atoms with van der Waals surface area (Å²) in [5.41, 5.74) is 0.521. The summed E-state index contributed by atoms with van der Waals surface area (Å²) in [5, 5.41) is 13.7. The van der Waals surface area contributed by atoms with E-state index < -0.39 is 4.92 Å². The molecule has 0 aliphatic heterocycles. The van der Waals surface area contributed by atoms with Crippen LogP contribution < -0.4 is 5.32 Å². The number of hydrogen-bond acceptors (Lipinski definition) is 4. The van der Waals surface area contributed by atoms with Gasteiger partial charge in [0.05, 0.1) is 4.92 Å². The molecule has 2 rings (SSSR count). The van der Waals surface area contributed by atoms with Crippen molar-refractivity contribution in [1.82, 2.24) is 4.98 Å². The van der Waals surface area contributed by atoms with Gasteiger partial charge in [-0.3, -0.25) is 10.1 Å². The summed E-state index contributed by atoms with van der Waals surface area (Å²) in [5.74, 6) is 0.277. The molecule has 0 saturated heterocycles. The van der Waals surface area contributed by atoms with Crippen molar-refractivity contribution in [3.05, 3.63) is 64.1 Å². The lowest BCUT2D eigenvalue weighted by atomic mass is 9.84. The molecule has 1 aromatic heterocycles. The zero-order valence-corrected chi connectivity index (χ0v) is 11.8. The average Bonchev–Trinajstić information content (AvgIpc) is 2.45.